The van der Waals surface area contributed by atoms with Gasteiger partial charge >= 0.3 is 0 Å². The number of rotatable bonds is 4. The van der Waals surface area contributed by atoms with Gasteiger partial charge in [0.1, 0.15) is 17.1 Å². The summed E-state index contributed by atoms with van der Waals surface area (Å²) in [4.78, 5) is 2.26. The molecule has 1 saturated heterocycles. The standard InChI is InChI=1S/C23H28ClNO4/c1-15-11-22-18(12-19(15)24)20(26)13-23(29-22)7-9-25(10-8-23)14-21(27)16-3-5-17(28-2)6-4-16/h3-6,11-12,20-21,26-27H,7-10,13-14H2,1-2H3/t20-,21+/m0/s1. The van der Waals surface area contributed by atoms with E-state index in [0.29, 0.717) is 18.0 Å². The third-order valence-corrected chi connectivity index (χ3v) is 6.65. The Labute approximate surface area is 176 Å². The van der Waals surface area contributed by atoms with E-state index in [9.17, 15) is 10.2 Å². The Bertz CT molecular complexity index is 862. The number of benzene rings is 2. The van der Waals surface area contributed by atoms with Gasteiger partial charge in [-0.25, -0.2) is 0 Å². The lowest BCUT2D eigenvalue weighted by molar-refractivity contribution is -0.0588. The minimum atomic E-state index is -0.562. The van der Waals surface area contributed by atoms with Crippen LogP contribution < -0.4 is 9.47 Å². The third kappa shape index (κ3) is 4.24. The van der Waals surface area contributed by atoms with Gasteiger partial charge in [-0.2, -0.15) is 0 Å². The van der Waals surface area contributed by atoms with Gasteiger partial charge in [0.05, 0.1) is 19.3 Å². The first-order chi connectivity index (χ1) is 13.9. The molecular weight excluding hydrogens is 390 g/mol. The van der Waals surface area contributed by atoms with E-state index in [2.05, 4.69) is 4.90 Å². The number of aliphatic hydroxyl groups excluding tert-OH is 2. The minimum absolute atomic E-state index is 0.353. The van der Waals surface area contributed by atoms with Gasteiger partial charge in [0.25, 0.3) is 0 Å². The number of piperidine rings is 1. The van der Waals surface area contributed by atoms with Crippen molar-refractivity contribution in [2.45, 2.75) is 44.0 Å². The Morgan fingerprint density at radius 3 is 2.59 bits per heavy atom. The molecule has 0 unspecified atom stereocenters. The van der Waals surface area contributed by atoms with Crippen LogP contribution in [0.2, 0.25) is 5.02 Å². The fourth-order valence-electron chi connectivity index (χ4n) is 4.38. The number of hydrogen-bond donors (Lipinski definition) is 2. The third-order valence-electron chi connectivity index (χ3n) is 6.24. The molecule has 2 aromatic carbocycles. The quantitative estimate of drug-likeness (QED) is 0.786. The topological polar surface area (TPSA) is 62.2 Å². The zero-order valence-corrected chi connectivity index (χ0v) is 17.7. The van der Waals surface area contributed by atoms with Gasteiger partial charge in [0.15, 0.2) is 0 Å². The number of β-amino-alcohol motifs (C(OH)–C–C–N with tert-alkyl or cyclic N) is 1. The summed E-state index contributed by atoms with van der Waals surface area (Å²) in [6.45, 7) is 4.17. The zero-order chi connectivity index (χ0) is 20.6. The molecule has 0 radical (unpaired) electrons. The molecule has 1 fully saturated rings. The Balaban J connectivity index is 1.39. The van der Waals surface area contributed by atoms with E-state index >= 15 is 0 Å². The van der Waals surface area contributed by atoms with E-state index in [1.807, 2.05) is 43.3 Å². The Kier molecular flexibility index (Phi) is 5.76. The molecule has 4 rings (SSSR count). The van der Waals surface area contributed by atoms with Crippen LogP contribution in [0.5, 0.6) is 11.5 Å². The van der Waals surface area contributed by atoms with Gasteiger partial charge in [-0.15, -0.1) is 0 Å². The first-order valence-electron chi connectivity index (χ1n) is 10.1. The van der Waals surface area contributed by atoms with Crippen molar-refractivity contribution in [3.63, 3.8) is 0 Å². The van der Waals surface area contributed by atoms with Crippen LogP contribution >= 0.6 is 11.6 Å². The van der Waals surface area contributed by atoms with E-state index in [1.54, 1.807) is 7.11 Å². The van der Waals surface area contributed by atoms with Crippen LogP contribution in [0.4, 0.5) is 0 Å². The molecule has 2 aliphatic rings. The van der Waals surface area contributed by atoms with Gasteiger partial charge in [-0.1, -0.05) is 23.7 Å². The number of aliphatic hydroxyl groups is 2. The van der Waals surface area contributed by atoms with Gasteiger partial charge in [-0.05, 0) is 55.2 Å². The molecule has 2 aromatic rings. The molecule has 2 N–H and O–H groups in total. The highest BCUT2D eigenvalue weighted by Crippen LogP contribution is 2.45. The number of fused-ring (bicyclic) bond motifs is 1. The second kappa shape index (κ2) is 8.15. The number of nitrogens with zero attached hydrogens (tertiary/aromatic N) is 1. The van der Waals surface area contributed by atoms with Crippen molar-refractivity contribution in [2.75, 3.05) is 26.7 Å². The van der Waals surface area contributed by atoms with E-state index in [1.165, 1.54) is 0 Å². The predicted octanol–water partition coefficient (Wildman–Crippen LogP) is 4.04. The van der Waals surface area contributed by atoms with Gasteiger partial charge < -0.3 is 24.6 Å². The maximum atomic E-state index is 10.7. The van der Waals surface area contributed by atoms with Gasteiger partial charge in [-0.3, -0.25) is 0 Å². The van der Waals surface area contributed by atoms with Gasteiger partial charge in [0.2, 0.25) is 0 Å². The van der Waals surface area contributed by atoms with E-state index in [4.69, 9.17) is 21.1 Å². The fourth-order valence-corrected chi connectivity index (χ4v) is 4.55. The average molecular weight is 418 g/mol. The summed E-state index contributed by atoms with van der Waals surface area (Å²) in [6, 6.07) is 11.3. The molecule has 2 heterocycles. The monoisotopic (exact) mass is 417 g/mol. The van der Waals surface area contributed by atoms with Crippen LogP contribution in [-0.2, 0) is 0 Å². The van der Waals surface area contributed by atoms with Crippen LogP contribution in [0.25, 0.3) is 0 Å². The Morgan fingerprint density at radius 1 is 1.24 bits per heavy atom. The molecule has 0 amide bonds. The van der Waals surface area contributed by atoms with Crippen molar-refractivity contribution in [1.82, 2.24) is 4.90 Å². The molecule has 2 aliphatic heterocycles. The molecule has 29 heavy (non-hydrogen) atoms. The Morgan fingerprint density at radius 2 is 1.93 bits per heavy atom. The largest absolute Gasteiger partial charge is 0.497 e. The highest BCUT2D eigenvalue weighted by atomic mass is 35.5. The van der Waals surface area contributed by atoms with Crippen LogP contribution in [0, 0.1) is 6.92 Å². The second-order valence-corrected chi connectivity index (χ2v) is 8.64. The lowest BCUT2D eigenvalue weighted by Crippen LogP contribution is -2.51. The maximum Gasteiger partial charge on any atom is 0.126 e. The summed E-state index contributed by atoms with van der Waals surface area (Å²) in [5.41, 5.74) is 2.27. The van der Waals surface area contributed by atoms with E-state index < -0.39 is 12.2 Å². The maximum absolute atomic E-state index is 10.7. The van der Waals surface area contributed by atoms with E-state index in [-0.39, 0.29) is 5.60 Å². The molecule has 0 aliphatic carbocycles. The highest BCUT2D eigenvalue weighted by Gasteiger charge is 2.43. The summed E-state index contributed by atoms with van der Waals surface area (Å²) in [7, 11) is 1.63. The smallest absolute Gasteiger partial charge is 0.126 e. The molecule has 2 atom stereocenters. The van der Waals surface area contributed by atoms with Crippen molar-refractivity contribution in [3.05, 3.63) is 58.1 Å². The minimum Gasteiger partial charge on any atom is -0.497 e. The SMILES string of the molecule is COc1ccc([C@H](O)CN2CCC3(CC2)C[C@H](O)c2cc(Cl)c(C)cc2O3)cc1. The summed E-state index contributed by atoms with van der Waals surface area (Å²) in [6.07, 6.45) is 1.11. The number of likely N-dealkylation sites (tertiary alicyclic amines) is 1. The van der Waals surface area contributed by atoms with Crippen LogP contribution in [0.1, 0.15) is 48.2 Å². The van der Waals surface area contributed by atoms with Crippen molar-refractivity contribution in [2.24, 2.45) is 0 Å². The fraction of sp³-hybridized carbons (Fsp3) is 0.478. The second-order valence-electron chi connectivity index (χ2n) is 8.23. The number of halogens is 1. The number of hydrogen-bond acceptors (Lipinski definition) is 5. The molecule has 1 spiro atoms. The summed E-state index contributed by atoms with van der Waals surface area (Å²) < 4.78 is 11.6. The summed E-state index contributed by atoms with van der Waals surface area (Å²) in [5.74, 6) is 1.53. The van der Waals surface area contributed by atoms with Crippen LogP contribution in [0.3, 0.4) is 0 Å². The van der Waals surface area contributed by atoms with Crippen molar-refractivity contribution < 1.29 is 19.7 Å². The first-order valence-corrected chi connectivity index (χ1v) is 10.5. The molecule has 156 valence electrons. The molecular formula is C23H28ClNO4. The molecule has 5 nitrogen and oxygen atoms in total. The van der Waals surface area contributed by atoms with Crippen molar-refractivity contribution in [1.29, 1.82) is 0 Å². The number of aryl methyl sites for hydroxylation is 1. The number of methoxy groups -OCH3 is 1. The summed E-state index contributed by atoms with van der Waals surface area (Å²) in [5, 5.41) is 22.0. The van der Waals surface area contributed by atoms with Crippen LogP contribution in [0.15, 0.2) is 36.4 Å². The van der Waals surface area contributed by atoms with E-state index in [0.717, 1.165) is 54.1 Å². The molecule has 0 aromatic heterocycles. The van der Waals surface area contributed by atoms with Crippen molar-refractivity contribution in [3.8, 4) is 11.5 Å². The molecule has 0 bridgehead atoms. The van der Waals surface area contributed by atoms with Crippen LogP contribution in [-0.4, -0.2) is 47.5 Å². The number of ether oxygens (including phenoxy) is 2. The Hall–Kier alpha value is -1.79. The lowest BCUT2D eigenvalue weighted by Gasteiger charge is -2.46. The predicted molar refractivity (Wildman–Crippen MR) is 113 cm³/mol. The normalized spacial score (nSPS) is 22.0. The van der Waals surface area contributed by atoms with Gasteiger partial charge in [0, 0.05) is 36.6 Å². The average Bonchev–Trinajstić information content (AvgIpc) is 2.71. The zero-order valence-electron chi connectivity index (χ0n) is 16.9. The summed E-state index contributed by atoms with van der Waals surface area (Å²) >= 11 is 6.22. The lowest BCUT2D eigenvalue weighted by atomic mass is 9.81. The van der Waals surface area contributed by atoms with Crippen molar-refractivity contribution >= 4 is 11.6 Å². The highest BCUT2D eigenvalue weighted by molar-refractivity contribution is 6.31. The molecule has 6 heteroatoms. The molecule has 0 saturated carbocycles. The first kappa shape index (κ1) is 20.5.